The molecule has 0 bridgehead atoms. The van der Waals surface area contributed by atoms with Crippen LogP contribution in [-0.2, 0) is 5.75 Å². The number of thioether (sulfide) groups is 1. The molecule has 0 atom stereocenters. The van der Waals surface area contributed by atoms with E-state index in [-0.39, 0.29) is 11.3 Å². The summed E-state index contributed by atoms with van der Waals surface area (Å²) in [5.41, 5.74) is 1.58. The molecule has 0 aliphatic rings. The van der Waals surface area contributed by atoms with Crippen LogP contribution in [0.15, 0.2) is 45.4 Å². The Kier molecular flexibility index (Phi) is 3.50. The van der Waals surface area contributed by atoms with Gasteiger partial charge in [0, 0.05) is 27.8 Å². The molecular formula is C14H12N2O2S2. The first-order valence-electron chi connectivity index (χ1n) is 6.03. The zero-order chi connectivity index (χ0) is 14.1. The maximum atomic E-state index is 12.0. The van der Waals surface area contributed by atoms with Gasteiger partial charge in [0.25, 0.3) is 5.56 Å². The van der Waals surface area contributed by atoms with E-state index in [1.54, 1.807) is 22.6 Å². The number of phenols is 1. The standard InChI is InChI=1S/C14H12N2O2S2/c1-9-7-20-14-15-10(6-13(18)16(9)14)8-19-12-5-3-2-4-11(12)17/h2-7,17H,8H2,1H3. The number of aromatic nitrogens is 2. The fourth-order valence-corrected chi connectivity index (χ4v) is 3.64. The number of fused-ring (bicyclic) bond motifs is 1. The van der Waals surface area contributed by atoms with Crippen LogP contribution >= 0.6 is 23.1 Å². The Morgan fingerprint density at radius 3 is 3.00 bits per heavy atom. The van der Waals surface area contributed by atoms with Gasteiger partial charge >= 0.3 is 0 Å². The van der Waals surface area contributed by atoms with Crippen LogP contribution < -0.4 is 5.56 Å². The molecule has 0 saturated carbocycles. The maximum Gasteiger partial charge on any atom is 0.258 e. The normalized spacial score (nSPS) is 11.1. The highest BCUT2D eigenvalue weighted by atomic mass is 32.2. The molecule has 2 aromatic heterocycles. The van der Waals surface area contributed by atoms with Gasteiger partial charge in [0.1, 0.15) is 5.75 Å². The highest BCUT2D eigenvalue weighted by Crippen LogP contribution is 2.29. The molecule has 4 nitrogen and oxygen atoms in total. The van der Waals surface area contributed by atoms with E-state index in [0.29, 0.717) is 10.7 Å². The first-order valence-corrected chi connectivity index (χ1v) is 7.89. The Labute approximate surface area is 123 Å². The lowest BCUT2D eigenvalue weighted by Gasteiger charge is -2.04. The maximum absolute atomic E-state index is 12.0. The molecule has 1 N–H and O–H groups in total. The van der Waals surface area contributed by atoms with Crippen molar-refractivity contribution in [3.8, 4) is 5.75 Å². The smallest absolute Gasteiger partial charge is 0.258 e. The van der Waals surface area contributed by atoms with Crippen molar-refractivity contribution in [2.75, 3.05) is 0 Å². The number of aromatic hydroxyl groups is 1. The van der Waals surface area contributed by atoms with Crippen LogP contribution in [0.4, 0.5) is 0 Å². The van der Waals surface area contributed by atoms with Gasteiger partial charge in [-0.05, 0) is 19.1 Å². The van der Waals surface area contributed by atoms with E-state index in [4.69, 9.17) is 0 Å². The van der Waals surface area contributed by atoms with E-state index in [2.05, 4.69) is 4.98 Å². The fourth-order valence-electron chi connectivity index (χ4n) is 1.91. The summed E-state index contributed by atoms with van der Waals surface area (Å²) in [4.78, 5) is 18.0. The molecule has 0 fully saturated rings. The number of hydrogen-bond acceptors (Lipinski definition) is 5. The second-order valence-corrected chi connectivity index (χ2v) is 6.19. The molecule has 0 radical (unpaired) electrons. The molecule has 6 heteroatoms. The monoisotopic (exact) mass is 304 g/mol. The van der Waals surface area contributed by atoms with E-state index >= 15 is 0 Å². The van der Waals surface area contributed by atoms with Gasteiger partial charge in [-0.25, -0.2) is 4.98 Å². The summed E-state index contributed by atoms with van der Waals surface area (Å²) in [5.74, 6) is 0.808. The predicted octanol–water partition coefficient (Wildman–Crippen LogP) is 3.06. The Morgan fingerprint density at radius 1 is 1.40 bits per heavy atom. The number of thiazole rings is 1. The number of aryl methyl sites for hydroxylation is 1. The molecule has 0 aliphatic heterocycles. The molecule has 102 valence electrons. The van der Waals surface area contributed by atoms with Crippen LogP contribution in [0.2, 0.25) is 0 Å². The van der Waals surface area contributed by atoms with Crippen molar-refractivity contribution >= 4 is 28.1 Å². The van der Waals surface area contributed by atoms with Gasteiger partial charge in [0.2, 0.25) is 0 Å². The largest absolute Gasteiger partial charge is 0.507 e. The van der Waals surface area contributed by atoms with Crippen LogP contribution in [0.5, 0.6) is 5.75 Å². The minimum atomic E-state index is -0.0540. The quantitative estimate of drug-likeness (QED) is 0.756. The summed E-state index contributed by atoms with van der Waals surface area (Å²) in [5, 5.41) is 11.6. The molecule has 3 aromatic rings. The summed E-state index contributed by atoms with van der Waals surface area (Å²) < 4.78 is 1.61. The molecule has 0 aliphatic carbocycles. The van der Waals surface area contributed by atoms with E-state index in [1.165, 1.54) is 23.1 Å². The van der Waals surface area contributed by atoms with Crippen LogP contribution in [-0.4, -0.2) is 14.5 Å². The van der Waals surface area contributed by atoms with Crippen molar-refractivity contribution in [3.63, 3.8) is 0 Å². The summed E-state index contributed by atoms with van der Waals surface area (Å²) in [7, 11) is 0. The highest BCUT2D eigenvalue weighted by Gasteiger charge is 2.08. The number of nitrogens with zero attached hydrogens (tertiary/aromatic N) is 2. The molecular weight excluding hydrogens is 292 g/mol. The lowest BCUT2D eigenvalue weighted by Crippen LogP contribution is -2.14. The number of rotatable bonds is 3. The Bertz CT molecular complexity index is 823. The zero-order valence-corrected chi connectivity index (χ0v) is 12.4. The summed E-state index contributed by atoms with van der Waals surface area (Å²) in [6, 6.07) is 8.71. The average molecular weight is 304 g/mol. The number of hydrogen-bond donors (Lipinski definition) is 1. The summed E-state index contributed by atoms with van der Waals surface area (Å²) in [6.45, 7) is 1.89. The Morgan fingerprint density at radius 2 is 2.20 bits per heavy atom. The van der Waals surface area contributed by atoms with Crippen LogP contribution in [0.25, 0.3) is 4.96 Å². The van der Waals surface area contributed by atoms with Crippen molar-refractivity contribution in [3.05, 3.63) is 57.5 Å². The third-order valence-electron chi connectivity index (χ3n) is 2.87. The molecule has 0 spiro atoms. The SMILES string of the molecule is Cc1csc2nc(CSc3ccccc3O)cc(=O)n12. The van der Waals surface area contributed by atoms with Crippen molar-refractivity contribution in [2.45, 2.75) is 17.6 Å². The van der Waals surface area contributed by atoms with E-state index in [0.717, 1.165) is 16.3 Å². The third-order valence-corrected chi connectivity index (χ3v) is 4.91. The van der Waals surface area contributed by atoms with E-state index < -0.39 is 0 Å². The number of phenolic OH excluding ortho intramolecular Hbond substituents is 1. The van der Waals surface area contributed by atoms with Crippen molar-refractivity contribution in [1.82, 2.24) is 9.38 Å². The van der Waals surface area contributed by atoms with E-state index in [1.807, 2.05) is 24.4 Å². The third kappa shape index (κ3) is 2.44. The van der Waals surface area contributed by atoms with Crippen molar-refractivity contribution < 1.29 is 5.11 Å². The van der Waals surface area contributed by atoms with Crippen LogP contribution in [0.3, 0.4) is 0 Å². The second kappa shape index (κ2) is 5.30. The van der Waals surface area contributed by atoms with Gasteiger partial charge in [-0.2, -0.15) is 0 Å². The summed E-state index contributed by atoms with van der Waals surface area (Å²) >= 11 is 2.93. The van der Waals surface area contributed by atoms with Gasteiger partial charge in [-0.3, -0.25) is 9.20 Å². The highest BCUT2D eigenvalue weighted by molar-refractivity contribution is 7.98. The lowest BCUT2D eigenvalue weighted by atomic mass is 10.3. The van der Waals surface area contributed by atoms with Gasteiger partial charge < -0.3 is 5.11 Å². The number of para-hydroxylation sites is 1. The lowest BCUT2D eigenvalue weighted by molar-refractivity contribution is 0.462. The minimum absolute atomic E-state index is 0.0540. The van der Waals surface area contributed by atoms with Crippen molar-refractivity contribution in [2.24, 2.45) is 0 Å². The topological polar surface area (TPSA) is 54.6 Å². The predicted molar refractivity (Wildman–Crippen MR) is 81.7 cm³/mol. The first-order chi connectivity index (χ1) is 9.65. The first kappa shape index (κ1) is 13.2. The zero-order valence-electron chi connectivity index (χ0n) is 10.7. The summed E-state index contributed by atoms with van der Waals surface area (Å²) in [6.07, 6.45) is 0. The van der Waals surface area contributed by atoms with Gasteiger partial charge in [-0.15, -0.1) is 23.1 Å². The average Bonchev–Trinajstić information content (AvgIpc) is 2.80. The van der Waals surface area contributed by atoms with Gasteiger partial charge in [0.15, 0.2) is 4.96 Å². The molecule has 0 saturated heterocycles. The molecule has 2 heterocycles. The second-order valence-electron chi connectivity index (χ2n) is 4.34. The molecule has 20 heavy (non-hydrogen) atoms. The van der Waals surface area contributed by atoms with E-state index in [9.17, 15) is 9.90 Å². The fraction of sp³-hybridized carbons (Fsp3) is 0.143. The van der Waals surface area contributed by atoms with Crippen LogP contribution in [0, 0.1) is 6.92 Å². The Hall–Kier alpha value is -1.79. The van der Waals surface area contributed by atoms with Gasteiger partial charge in [0.05, 0.1) is 5.69 Å². The molecule has 1 aromatic carbocycles. The van der Waals surface area contributed by atoms with Gasteiger partial charge in [-0.1, -0.05) is 12.1 Å². The Balaban J connectivity index is 1.89. The number of benzene rings is 1. The van der Waals surface area contributed by atoms with Crippen LogP contribution in [0.1, 0.15) is 11.4 Å². The van der Waals surface area contributed by atoms with Crippen molar-refractivity contribution in [1.29, 1.82) is 0 Å². The molecule has 3 rings (SSSR count). The minimum Gasteiger partial charge on any atom is -0.507 e. The molecule has 0 unspecified atom stereocenters. The molecule has 0 amide bonds.